The van der Waals surface area contributed by atoms with Crippen molar-refractivity contribution in [3.63, 3.8) is 0 Å². The zero-order chi connectivity index (χ0) is 8.10. The molecule has 0 spiro atoms. The Morgan fingerprint density at radius 2 is 1.91 bits per heavy atom. The Bertz CT molecular complexity index is 189. The molecule has 1 aromatic carbocycles. The molecule has 0 radical (unpaired) electrons. The largest absolute Gasteiger partial charge is 0.0921 e. The van der Waals surface area contributed by atoms with Gasteiger partial charge in [-0.1, -0.05) is 53.2 Å². The fourth-order valence-electron chi connectivity index (χ4n) is 1.16. The average Bonchev–Trinajstić information content (AvgIpc) is 2.09. The number of hydrogen-bond donors (Lipinski definition) is 0. The molecule has 1 heteroatoms. The Morgan fingerprint density at radius 1 is 1.27 bits per heavy atom. The topological polar surface area (TPSA) is 0 Å². The van der Waals surface area contributed by atoms with E-state index in [-0.39, 0.29) is 0 Å². The highest BCUT2D eigenvalue weighted by Gasteiger charge is 2.04. The Balaban J connectivity index is 2.74. The van der Waals surface area contributed by atoms with Crippen LogP contribution in [0.15, 0.2) is 30.3 Å². The zero-order valence-corrected chi connectivity index (χ0v) is 8.34. The quantitative estimate of drug-likeness (QED) is 0.673. The molecule has 1 atom stereocenters. The first kappa shape index (κ1) is 8.79. The van der Waals surface area contributed by atoms with Gasteiger partial charge in [-0.05, 0) is 17.9 Å². The average molecular weight is 213 g/mol. The van der Waals surface area contributed by atoms with E-state index in [2.05, 4.69) is 53.2 Å². The maximum Gasteiger partial charge on any atom is 0.0100 e. The lowest BCUT2D eigenvalue weighted by Gasteiger charge is -2.10. The molecule has 60 valence electrons. The molecule has 0 aliphatic carbocycles. The van der Waals surface area contributed by atoms with Gasteiger partial charge in [-0.3, -0.25) is 0 Å². The Hall–Kier alpha value is -0.300. The summed E-state index contributed by atoms with van der Waals surface area (Å²) in [6, 6.07) is 10.6. The van der Waals surface area contributed by atoms with Crippen LogP contribution in [-0.2, 0) is 0 Å². The summed E-state index contributed by atoms with van der Waals surface area (Å²) in [7, 11) is 0. The van der Waals surface area contributed by atoms with Crippen LogP contribution in [0.5, 0.6) is 0 Å². The summed E-state index contributed by atoms with van der Waals surface area (Å²) in [4.78, 5) is 0. The maximum absolute atomic E-state index is 3.51. The SMILES string of the molecule is CCC(CBr)c1ccccc1. The standard InChI is InChI=1S/C10H13Br/c1-2-9(8-11)10-6-4-3-5-7-10/h3-7,9H,2,8H2,1H3. The van der Waals surface area contributed by atoms with E-state index in [0.717, 1.165) is 5.33 Å². The van der Waals surface area contributed by atoms with Crippen molar-refractivity contribution < 1.29 is 0 Å². The van der Waals surface area contributed by atoms with Gasteiger partial charge in [-0.15, -0.1) is 0 Å². The van der Waals surface area contributed by atoms with Crippen LogP contribution in [-0.4, -0.2) is 5.33 Å². The third-order valence-electron chi connectivity index (χ3n) is 1.95. The first-order valence-electron chi connectivity index (χ1n) is 3.99. The summed E-state index contributed by atoms with van der Waals surface area (Å²) in [6.45, 7) is 2.22. The molecule has 0 bridgehead atoms. The third kappa shape index (κ3) is 2.33. The predicted molar refractivity (Wildman–Crippen MR) is 53.3 cm³/mol. The van der Waals surface area contributed by atoms with Gasteiger partial charge in [-0.25, -0.2) is 0 Å². The molecule has 0 saturated carbocycles. The van der Waals surface area contributed by atoms with Gasteiger partial charge < -0.3 is 0 Å². The first-order chi connectivity index (χ1) is 5.38. The lowest BCUT2D eigenvalue weighted by molar-refractivity contribution is 0.749. The van der Waals surface area contributed by atoms with Crippen molar-refractivity contribution >= 4 is 15.9 Å². The minimum Gasteiger partial charge on any atom is -0.0921 e. The molecule has 0 aliphatic heterocycles. The Morgan fingerprint density at radius 3 is 2.36 bits per heavy atom. The molecule has 0 saturated heterocycles. The van der Waals surface area contributed by atoms with Crippen molar-refractivity contribution in [2.75, 3.05) is 5.33 Å². The van der Waals surface area contributed by atoms with Crippen LogP contribution in [0.25, 0.3) is 0 Å². The van der Waals surface area contributed by atoms with Crippen LogP contribution in [0.1, 0.15) is 24.8 Å². The Kier molecular flexibility index (Phi) is 3.64. The highest BCUT2D eigenvalue weighted by Crippen LogP contribution is 2.20. The van der Waals surface area contributed by atoms with E-state index in [9.17, 15) is 0 Å². The molecule has 0 aromatic heterocycles. The van der Waals surface area contributed by atoms with Gasteiger partial charge in [0.1, 0.15) is 0 Å². The van der Waals surface area contributed by atoms with Gasteiger partial charge in [0, 0.05) is 5.33 Å². The molecule has 0 amide bonds. The van der Waals surface area contributed by atoms with Crippen molar-refractivity contribution in [2.45, 2.75) is 19.3 Å². The summed E-state index contributed by atoms with van der Waals surface area (Å²) in [5, 5.41) is 1.06. The van der Waals surface area contributed by atoms with E-state index in [1.54, 1.807) is 0 Å². The first-order valence-corrected chi connectivity index (χ1v) is 5.11. The number of halogens is 1. The summed E-state index contributed by atoms with van der Waals surface area (Å²) >= 11 is 3.51. The van der Waals surface area contributed by atoms with Crippen molar-refractivity contribution in [1.82, 2.24) is 0 Å². The van der Waals surface area contributed by atoms with E-state index in [1.807, 2.05) is 0 Å². The molecule has 0 fully saturated rings. The summed E-state index contributed by atoms with van der Waals surface area (Å²) in [5.74, 6) is 0.677. The van der Waals surface area contributed by atoms with Crippen LogP contribution in [0.3, 0.4) is 0 Å². The fraction of sp³-hybridized carbons (Fsp3) is 0.400. The smallest absolute Gasteiger partial charge is 0.0100 e. The molecule has 1 aromatic rings. The second-order valence-corrected chi connectivity index (χ2v) is 3.32. The molecule has 0 nitrogen and oxygen atoms in total. The predicted octanol–water partition coefficient (Wildman–Crippen LogP) is 3.58. The highest BCUT2D eigenvalue weighted by molar-refractivity contribution is 9.09. The third-order valence-corrected chi connectivity index (χ3v) is 2.73. The number of hydrogen-bond acceptors (Lipinski definition) is 0. The van der Waals surface area contributed by atoms with E-state index in [0.29, 0.717) is 5.92 Å². The molecule has 0 N–H and O–H groups in total. The summed E-state index contributed by atoms with van der Waals surface area (Å²) in [6.07, 6.45) is 1.20. The maximum atomic E-state index is 3.51. The van der Waals surface area contributed by atoms with E-state index in [4.69, 9.17) is 0 Å². The van der Waals surface area contributed by atoms with Gasteiger partial charge in [0.15, 0.2) is 0 Å². The van der Waals surface area contributed by atoms with E-state index in [1.165, 1.54) is 12.0 Å². The fourth-order valence-corrected chi connectivity index (χ4v) is 1.99. The normalized spacial score (nSPS) is 12.9. The van der Waals surface area contributed by atoms with Gasteiger partial charge >= 0.3 is 0 Å². The molecular formula is C10H13Br. The number of rotatable bonds is 3. The monoisotopic (exact) mass is 212 g/mol. The van der Waals surface area contributed by atoms with Crippen LogP contribution in [0.4, 0.5) is 0 Å². The second kappa shape index (κ2) is 4.55. The van der Waals surface area contributed by atoms with Gasteiger partial charge in [0.05, 0.1) is 0 Å². The number of alkyl halides is 1. The van der Waals surface area contributed by atoms with E-state index < -0.39 is 0 Å². The minimum atomic E-state index is 0.677. The molecule has 11 heavy (non-hydrogen) atoms. The van der Waals surface area contributed by atoms with Crippen LogP contribution < -0.4 is 0 Å². The summed E-state index contributed by atoms with van der Waals surface area (Å²) in [5.41, 5.74) is 1.44. The van der Waals surface area contributed by atoms with Gasteiger partial charge in [0.2, 0.25) is 0 Å². The van der Waals surface area contributed by atoms with Crippen LogP contribution in [0.2, 0.25) is 0 Å². The lowest BCUT2D eigenvalue weighted by atomic mass is 9.99. The Labute approximate surface area is 76.8 Å². The highest BCUT2D eigenvalue weighted by atomic mass is 79.9. The summed E-state index contributed by atoms with van der Waals surface area (Å²) < 4.78 is 0. The van der Waals surface area contributed by atoms with Gasteiger partial charge in [-0.2, -0.15) is 0 Å². The van der Waals surface area contributed by atoms with Crippen LogP contribution >= 0.6 is 15.9 Å². The second-order valence-electron chi connectivity index (χ2n) is 2.67. The van der Waals surface area contributed by atoms with E-state index >= 15 is 0 Å². The molecule has 1 rings (SSSR count). The number of benzene rings is 1. The molecular weight excluding hydrogens is 200 g/mol. The molecule has 0 heterocycles. The van der Waals surface area contributed by atoms with Crippen molar-refractivity contribution in [3.8, 4) is 0 Å². The van der Waals surface area contributed by atoms with Crippen molar-refractivity contribution in [1.29, 1.82) is 0 Å². The van der Waals surface area contributed by atoms with Gasteiger partial charge in [0.25, 0.3) is 0 Å². The minimum absolute atomic E-state index is 0.677. The molecule has 1 unspecified atom stereocenters. The van der Waals surface area contributed by atoms with Crippen molar-refractivity contribution in [3.05, 3.63) is 35.9 Å². The van der Waals surface area contributed by atoms with Crippen LogP contribution in [0, 0.1) is 0 Å². The zero-order valence-electron chi connectivity index (χ0n) is 6.76. The lowest BCUT2D eigenvalue weighted by Crippen LogP contribution is -1.97. The van der Waals surface area contributed by atoms with Crippen molar-refractivity contribution in [2.24, 2.45) is 0 Å². The molecule has 0 aliphatic rings.